The summed E-state index contributed by atoms with van der Waals surface area (Å²) < 4.78 is 5.28. The number of carbonyl (C=O) groups excluding carboxylic acids is 3. The van der Waals surface area contributed by atoms with Crippen molar-refractivity contribution in [2.45, 2.75) is 38.1 Å². The number of carbonyl (C=O) groups is 3. The molecule has 3 aromatic rings. The van der Waals surface area contributed by atoms with Crippen LogP contribution < -0.4 is 0 Å². The standard InChI is InChI=1S/C30H26Cl2N2O4S/c31-22-10-6-19(7-11-22)17-21-3-1-4-24-29(21)33-34(30(24)20-8-12-23(32)13-9-20)27(36)18-38-28(37)15-14-25(35)26-5-2-16-39-26/h2,5-13,16-17,24,30H,1,3-4,14-15,18H2/b21-17-/t24-,30-/m0/s1. The van der Waals surface area contributed by atoms with Crippen molar-refractivity contribution in [3.63, 3.8) is 0 Å². The predicted octanol–water partition coefficient (Wildman–Crippen LogP) is 7.38. The Kier molecular flexibility index (Phi) is 8.60. The summed E-state index contributed by atoms with van der Waals surface area (Å²) in [5.74, 6) is -1.13. The van der Waals surface area contributed by atoms with Crippen LogP contribution in [0.3, 0.4) is 0 Å². The molecule has 1 amide bonds. The van der Waals surface area contributed by atoms with Gasteiger partial charge in [0.25, 0.3) is 5.91 Å². The number of ketones is 1. The first kappa shape index (κ1) is 27.3. The van der Waals surface area contributed by atoms with Crippen LogP contribution >= 0.6 is 34.5 Å². The second-order valence-electron chi connectivity index (χ2n) is 9.50. The van der Waals surface area contributed by atoms with Gasteiger partial charge >= 0.3 is 5.97 Å². The second kappa shape index (κ2) is 12.3. The first-order valence-corrected chi connectivity index (χ1v) is 14.4. The highest BCUT2D eigenvalue weighted by molar-refractivity contribution is 7.12. The van der Waals surface area contributed by atoms with Gasteiger partial charge in [0.15, 0.2) is 12.4 Å². The van der Waals surface area contributed by atoms with Crippen LogP contribution in [0, 0.1) is 5.92 Å². The van der Waals surface area contributed by atoms with Gasteiger partial charge in [-0.15, -0.1) is 11.3 Å². The average molecular weight is 582 g/mol. The molecule has 2 atom stereocenters. The number of esters is 1. The van der Waals surface area contributed by atoms with Gasteiger partial charge in [0.2, 0.25) is 0 Å². The van der Waals surface area contributed by atoms with Gasteiger partial charge in [-0.05, 0) is 77.8 Å². The lowest BCUT2D eigenvalue weighted by atomic mass is 9.77. The summed E-state index contributed by atoms with van der Waals surface area (Å²) >= 11 is 13.5. The lowest BCUT2D eigenvalue weighted by Gasteiger charge is -2.29. The molecule has 1 aliphatic heterocycles. The number of Topliss-reactive ketones (excluding diaryl/α,β-unsaturated/α-hetero) is 1. The van der Waals surface area contributed by atoms with Crippen molar-refractivity contribution < 1.29 is 19.1 Å². The summed E-state index contributed by atoms with van der Waals surface area (Å²) in [5.41, 5.74) is 3.87. The molecule has 9 heteroatoms. The first-order chi connectivity index (χ1) is 18.9. The van der Waals surface area contributed by atoms with Gasteiger partial charge in [0.05, 0.1) is 23.1 Å². The third-order valence-corrected chi connectivity index (χ3v) is 8.30. The maximum absolute atomic E-state index is 13.4. The normalized spacial score (nSPS) is 19.5. The van der Waals surface area contributed by atoms with Crippen LogP contribution in [-0.2, 0) is 14.3 Å². The van der Waals surface area contributed by atoms with E-state index in [0.717, 1.165) is 41.7 Å². The maximum atomic E-state index is 13.4. The van der Waals surface area contributed by atoms with Crippen molar-refractivity contribution >= 4 is 64.0 Å². The first-order valence-electron chi connectivity index (χ1n) is 12.7. The minimum absolute atomic E-state index is 0.00143. The molecule has 6 nitrogen and oxygen atoms in total. The Morgan fingerprint density at radius 2 is 1.72 bits per heavy atom. The molecular weight excluding hydrogens is 555 g/mol. The van der Waals surface area contributed by atoms with Crippen molar-refractivity contribution in [2.24, 2.45) is 11.0 Å². The van der Waals surface area contributed by atoms with Crippen molar-refractivity contribution in [3.05, 3.63) is 97.7 Å². The molecule has 0 saturated heterocycles. The minimum Gasteiger partial charge on any atom is -0.455 e. The van der Waals surface area contributed by atoms with E-state index in [1.54, 1.807) is 24.3 Å². The number of halogens is 2. The van der Waals surface area contributed by atoms with Gasteiger partial charge in [0.1, 0.15) is 0 Å². The van der Waals surface area contributed by atoms with Crippen LogP contribution in [0.2, 0.25) is 10.0 Å². The number of benzene rings is 2. The second-order valence-corrected chi connectivity index (χ2v) is 11.3. The van der Waals surface area contributed by atoms with Crippen LogP contribution in [0.1, 0.15) is 58.9 Å². The SMILES string of the molecule is O=C(CCC(=O)c1cccs1)OCC(=O)N1N=C2/C(=C\c3ccc(Cl)cc3)CCC[C@@H]2[C@@H]1c1ccc(Cl)cc1. The van der Waals surface area contributed by atoms with Crippen LogP contribution in [0.5, 0.6) is 0 Å². The molecule has 2 heterocycles. The number of nitrogens with zero attached hydrogens (tertiary/aromatic N) is 2. The zero-order valence-electron chi connectivity index (χ0n) is 21.0. The highest BCUT2D eigenvalue weighted by Gasteiger charge is 2.43. The smallest absolute Gasteiger partial charge is 0.306 e. The highest BCUT2D eigenvalue weighted by atomic mass is 35.5. The quantitative estimate of drug-likeness (QED) is 0.205. The van der Waals surface area contributed by atoms with E-state index >= 15 is 0 Å². The number of hydrazone groups is 1. The number of amides is 1. The van der Waals surface area contributed by atoms with E-state index in [1.165, 1.54) is 16.3 Å². The van der Waals surface area contributed by atoms with Gasteiger partial charge in [-0.3, -0.25) is 14.4 Å². The zero-order chi connectivity index (χ0) is 27.4. The van der Waals surface area contributed by atoms with Gasteiger partial charge in [-0.25, -0.2) is 5.01 Å². The summed E-state index contributed by atoms with van der Waals surface area (Å²) in [6, 6.07) is 18.2. The summed E-state index contributed by atoms with van der Waals surface area (Å²) in [4.78, 5) is 38.5. The van der Waals surface area contributed by atoms with E-state index in [-0.39, 0.29) is 30.6 Å². The Labute approximate surface area is 240 Å². The minimum atomic E-state index is -0.594. The van der Waals surface area contributed by atoms with Crippen molar-refractivity contribution in [1.29, 1.82) is 0 Å². The molecule has 39 heavy (non-hydrogen) atoms. The van der Waals surface area contributed by atoms with E-state index in [9.17, 15) is 14.4 Å². The van der Waals surface area contributed by atoms with Gasteiger partial charge < -0.3 is 4.74 Å². The number of hydrogen-bond acceptors (Lipinski definition) is 6. The summed E-state index contributed by atoms with van der Waals surface area (Å²) in [5, 5.41) is 9.34. The third-order valence-electron chi connectivity index (χ3n) is 6.89. The summed E-state index contributed by atoms with van der Waals surface area (Å²) in [7, 11) is 0. The maximum Gasteiger partial charge on any atom is 0.306 e. The average Bonchev–Trinajstić information content (AvgIpc) is 3.61. The molecule has 5 rings (SSSR count). The van der Waals surface area contributed by atoms with Gasteiger partial charge in [-0.1, -0.05) is 53.5 Å². The highest BCUT2D eigenvalue weighted by Crippen LogP contribution is 2.44. The van der Waals surface area contributed by atoms with Crippen LogP contribution in [0.4, 0.5) is 0 Å². The number of fused-ring (bicyclic) bond motifs is 1. The molecule has 0 unspecified atom stereocenters. The predicted molar refractivity (Wildman–Crippen MR) is 154 cm³/mol. The molecule has 0 radical (unpaired) electrons. The van der Waals surface area contributed by atoms with Gasteiger partial charge in [-0.2, -0.15) is 5.10 Å². The Morgan fingerprint density at radius 1 is 1.00 bits per heavy atom. The number of ether oxygens (including phenoxy) is 1. The lowest BCUT2D eigenvalue weighted by Crippen LogP contribution is -2.34. The lowest BCUT2D eigenvalue weighted by molar-refractivity contribution is -0.153. The van der Waals surface area contributed by atoms with E-state index in [2.05, 4.69) is 6.08 Å². The van der Waals surface area contributed by atoms with Crippen molar-refractivity contribution in [3.8, 4) is 0 Å². The van der Waals surface area contributed by atoms with Crippen LogP contribution in [-0.4, -0.2) is 35.0 Å². The Hall–Kier alpha value is -3.26. The van der Waals surface area contributed by atoms with E-state index in [1.807, 2.05) is 41.8 Å². The third kappa shape index (κ3) is 6.49. The molecule has 1 fully saturated rings. The number of hydrogen-bond donors (Lipinski definition) is 0. The van der Waals surface area contributed by atoms with E-state index in [0.29, 0.717) is 14.9 Å². The number of thiophene rings is 1. The molecular formula is C30H26Cl2N2O4S. The summed E-state index contributed by atoms with van der Waals surface area (Å²) in [6.07, 6.45) is 4.73. The van der Waals surface area contributed by atoms with Gasteiger partial charge in [0, 0.05) is 22.4 Å². The van der Waals surface area contributed by atoms with Crippen molar-refractivity contribution in [2.75, 3.05) is 6.61 Å². The number of allylic oxidation sites excluding steroid dienone is 1. The molecule has 1 saturated carbocycles. The molecule has 0 spiro atoms. The Bertz CT molecular complexity index is 1420. The Morgan fingerprint density at radius 3 is 2.41 bits per heavy atom. The molecule has 2 aliphatic rings. The van der Waals surface area contributed by atoms with Crippen LogP contribution in [0.25, 0.3) is 6.08 Å². The molecule has 2 aromatic carbocycles. The van der Waals surface area contributed by atoms with E-state index in [4.69, 9.17) is 33.0 Å². The zero-order valence-corrected chi connectivity index (χ0v) is 23.3. The fourth-order valence-electron chi connectivity index (χ4n) is 5.02. The van der Waals surface area contributed by atoms with Crippen molar-refractivity contribution in [1.82, 2.24) is 5.01 Å². The largest absolute Gasteiger partial charge is 0.455 e. The number of rotatable bonds is 8. The molecule has 1 aliphatic carbocycles. The fourth-order valence-corrected chi connectivity index (χ4v) is 5.96. The topological polar surface area (TPSA) is 76.0 Å². The molecule has 0 bridgehead atoms. The van der Waals surface area contributed by atoms with Crippen LogP contribution in [0.15, 0.2) is 76.7 Å². The molecule has 1 aromatic heterocycles. The molecule has 200 valence electrons. The summed E-state index contributed by atoms with van der Waals surface area (Å²) in [6.45, 7) is -0.449. The van der Waals surface area contributed by atoms with E-state index < -0.39 is 18.5 Å². The monoisotopic (exact) mass is 580 g/mol. The molecule has 0 N–H and O–H groups in total. The Balaban J connectivity index is 1.33. The fraction of sp³-hybridized carbons (Fsp3) is 0.267.